The SMILES string of the molecule is CCCc1cc(=O)[nH]c(-n2nc(-c3cccs3)cc2NC(=O)c2ccc(C(F)(F)F)cc2)n1. The number of nitrogens with one attached hydrogen (secondary N) is 2. The molecule has 0 aliphatic heterocycles. The fourth-order valence-corrected chi connectivity index (χ4v) is 3.84. The molecule has 1 aromatic carbocycles. The van der Waals surface area contributed by atoms with Crippen molar-refractivity contribution in [2.75, 3.05) is 5.32 Å². The summed E-state index contributed by atoms with van der Waals surface area (Å²) in [4.78, 5) is 32.8. The number of aryl methyl sites for hydroxylation is 1. The van der Waals surface area contributed by atoms with E-state index in [4.69, 9.17) is 0 Å². The molecule has 0 saturated heterocycles. The molecule has 7 nitrogen and oxygen atoms in total. The first-order valence-electron chi connectivity index (χ1n) is 9.98. The van der Waals surface area contributed by atoms with Gasteiger partial charge in [0.1, 0.15) is 11.5 Å². The third-order valence-corrected chi connectivity index (χ3v) is 5.58. The molecule has 170 valence electrons. The van der Waals surface area contributed by atoms with Gasteiger partial charge in [-0.15, -0.1) is 11.3 Å². The standard InChI is InChI=1S/C22H18F3N5O2S/c1-2-4-15-11-19(31)28-21(26-15)30-18(12-16(29-30)17-5-3-10-33-17)27-20(32)13-6-8-14(9-7-13)22(23,24)25/h3,5-12H,2,4H2,1H3,(H,27,32)(H,26,28,31). The maximum absolute atomic E-state index is 12.8. The van der Waals surface area contributed by atoms with Crippen LogP contribution in [0.25, 0.3) is 16.5 Å². The van der Waals surface area contributed by atoms with E-state index in [1.54, 1.807) is 6.07 Å². The Bertz CT molecular complexity index is 1330. The van der Waals surface area contributed by atoms with E-state index in [0.717, 1.165) is 35.6 Å². The molecule has 0 saturated carbocycles. The third-order valence-electron chi connectivity index (χ3n) is 4.69. The van der Waals surface area contributed by atoms with Crippen LogP contribution in [0.5, 0.6) is 0 Å². The van der Waals surface area contributed by atoms with Crippen molar-refractivity contribution in [3.8, 4) is 16.5 Å². The number of carbonyl (C=O) groups excluding carboxylic acids is 1. The van der Waals surface area contributed by atoms with Crippen molar-refractivity contribution in [1.82, 2.24) is 19.7 Å². The van der Waals surface area contributed by atoms with Gasteiger partial charge in [0.25, 0.3) is 11.5 Å². The largest absolute Gasteiger partial charge is 0.416 e. The molecule has 2 N–H and O–H groups in total. The van der Waals surface area contributed by atoms with Gasteiger partial charge in [0.05, 0.1) is 10.4 Å². The quantitative estimate of drug-likeness (QED) is 0.416. The Morgan fingerprint density at radius 1 is 1.18 bits per heavy atom. The molecule has 0 aliphatic carbocycles. The van der Waals surface area contributed by atoms with Crippen LogP contribution in [0.2, 0.25) is 0 Å². The molecule has 3 aromatic heterocycles. The minimum Gasteiger partial charge on any atom is -0.306 e. The van der Waals surface area contributed by atoms with Gasteiger partial charge in [0.2, 0.25) is 5.95 Å². The van der Waals surface area contributed by atoms with Crippen molar-refractivity contribution in [1.29, 1.82) is 0 Å². The molecule has 0 bridgehead atoms. The minimum absolute atomic E-state index is 0.0367. The lowest BCUT2D eigenvalue weighted by Gasteiger charge is -2.10. The molecule has 3 heterocycles. The van der Waals surface area contributed by atoms with Gasteiger partial charge >= 0.3 is 6.18 Å². The zero-order valence-corrected chi connectivity index (χ0v) is 18.1. The van der Waals surface area contributed by atoms with E-state index in [0.29, 0.717) is 17.8 Å². The number of benzene rings is 1. The molecule has 11 heteroatoms. The van der Waals surface area contributed by atoms with Crippen LogP contribution >= 0.6 is 11.3 Å². The lowest BCUT2D eigenvalue weighted by atomic mass is 10.1. The highest BCUT2D eigenvalue weighted by Gasteiger charge is 2.30. The Morgan fingerprint density at radius 3 is 2.58 bits per heavy atom. The van der Waals surface area contributed by atoms with Crippen molar-refractivity contribution in [3.63, 3.8) is 0 Å². The fourth-order valence-electron chi connectivity index (χ4n) is 3.15. The average Bonchev–Trinajstić information content (AvgIpc) is 3.43. The fraction of sp³-hybridized carbons (Fsp3) is 0.182. The van der Waals surface area contributed by atoms with Crippen molar-refractivity contribution >= 4 is 23.1 Å². The number of thiophene rings is 1. The van der Waals surface area contributed by atoms with E-state index >= 15 is 0 Å². The van der Waals surface area contributed by atoms with Gasteiger partial charge < -0.3 is 5.32 Å². The highest BCUT2D eigenvalue weighted by molar-refractivity contribution is 7.13. The Kier molecular flexibility index (Phi) is 6.14. The second-order valence-electron chi connectivity index (χ2n) is 7.14. The summed E-state index contributed by atoms with van der Waals surface area (Å²) in [6, 6.07) is 10.6. The third kappa shape index (κ3) is 5.03. The predicted molar refractivity (Wildman–Crippen MR) is 119 cm³/mol. The van der Waals surface area contributed by atoms with Crippen LogP contribution in [-0.4, -0.2) is 25.7 Å². The molecular weight excluding hydrogens is 455 g/mol. The Balaban J connectivity index is 1.72. The zero-order chi connectivity index (χ0) is 23.6. The number of alkyl halides is 3. The Hall–Kier alpha value is -3.73. The topological polar surface area (TPSA) is 92.7 Å². The summed E-state index contributed by atoms with van der Waals surface area (Å²) in [7, 11) is 0. The summed E-state index contributed by atoms with van der Waals surface area (Å²) in [6.45, 7) is 1.96. The monoisotopic (exact) mass is 473 g/mol. The highest BCUT2D eigenvalue weighted by Crippen LogP contribution is 2.30. The number of aromatic nitrogens is 4. The van der Waals surface area contributed by atoms with Crippen molar-refractivity contribution in [2.45, 2.75) is 25.9 Å². The van der Waals surface area contributed by atoms with Crippen LogP contribution in [0.4, 0.5) is 19.0 Å². The second kappa shape index (κ2) is 9.02. The van der Waals surface area contributed by atoms with E-state index in [2.05, 4.69) is 20.4 Å². The van der Waals surface area contributed by atoms with Crippen LogP contribution in [0.1, 0.15) is 35.0 Å². The van der Waals surface area contributed by atoms with Crippen molar-refractivity contribution in [2.24, 2.45) is 0 Å². The number of carbonyl (C=O) groups is 1. The normalized spacial score (nSPS) is 11.5. The molecular formula is C22H18F3N5O2S. The van der Waals surface area contributed by atoms with Gasteiger partial charge in [-0.3, -0.25) is 14.6 Å². The zero-order valence-electron chi connectivity index (χ0n) is 17.3. The molecule has 0 unspecified atom stereocenters. The predicted octanol–water partition coefficient (Wildman–Crippen LogP) is 4.91. The number of H-pyrrole nitrogens is 1. The van der Waals surface area contributed by atoms with Crippen LogP contribution in [0.15, 0.2) is 58.7 Å². The molecule has 4 rings (SSSR count). The van der Waals surface area contributed by atoms with Crippen molar-refractivity contribution < 1.29 is 18.0 Å². The highest BCUT2D eigenvalue weighted by atomic mass is 32.1. The number of aromatic amines is 1. The number of anilines is 1. The Labute approximate surface area is 189 Å². The molecule has 0 radical (unpaired) electrons. The summed E-state index contributed by atoms with van der Waals surface area (Å²) < 4.78 is 39.8. The number of hydrogen-bond acceptors (Lipinski definition) is 5. The average molecular weight is 473 g/mol. The van der Waals surface area contributed by atoms with E-state index < -0.39 is 17.6 Å². The van der Waals surface area contributed by atoms with Gasteiger partial charge in [-0.1, -0.05) is 19.4 Å². The molecule has 33 heavy (non-hydrogen) atoms. The molecule has 0 atom stereocenters. The number of hydrogen-bond donors (Lipinski definition) is 2. The summed E-state index contributed by atoms with van der Waals surface area (Å²) in [6.07, 6.45) is -3.12. The first-order chi connectivity index (χ1) is 15.7. The van der Waals surface area contributed by atoms with Gasteiger partial charge in [-0.25, -0.2) is 4.98 Å². The lowest BCUT2D eigenvalue weighted by Crippen LogP contribution is -2.19. The molecule has 0 spiro atoms. The van der Waals surface area contributed by atoms with Crippen LogP contribution in [-0.2, 0) is 12.6 Å². The molecule has 0 aliphatic rings. The number of rotatable bonds is 6. The maximum Gasteiger partial charge on any atom is 0.416 e. The number of halogens is 3. The first kappa shape index (κ1) is 22.5. The summed E-state index contributed by atoms with van der Waals surface area (Å²) in [5.41, 5.74) is -0.0643. The maximum atomic E-state index is 12.8. The Morgan fingerprint density at radius 2 is 1.94 bits per heavy atom. The van der Waals surface area contributed by atoms with E-state index in [1.807, 2.05) is 24.4 Å². The second-order valence-corrected chi connectivity index (χ2v) is 8.09. The summed E-state index contributed by atoms with van der Waals surface area (Å²) in [5, 5.41) is 9.02. The van der Waals surface area contributed by atoms with E-state index in [-0.39, 0.29) is 22.9 Å². The van der Waals surface area contributed by atoms with Crippen LogP contribution < -0.4 is 10.9 Å². The van der Waals surface area contributed by atoms with Gasteiger partial charge in [0, 0.05) is 23.4 Å². The summed E-state index contributed by atoms with van der Waals surface area (Å²) >= 11 is 1.44. The molecule has 1 amide bonds. The molecule has 0 fully saturated rings. The lowest BCUT2D eigenvalue weighted by molar-refractivity contribution is -0.137. The van der Waals surface area contributed by atoms with E-state index in [1.165, 1.54) is 22.1 Å². The van der Waals surface area contributed by atoms with Crippen LogP contribution in [0, 0.1) is 0 Å². The van der Waals surface area contributed by atoms with Gasteiger partial charge in [0.15, 0.2) is 0 Å². The van der Waals surface area contributed by atoms with Gasteiger partial charge in [-0.05, 0) is 42.1 Å². The number of amides is 1. The van der Waals surface area contributed by atoms with E-state index in [9.17, 15) is 22.8 Å². The first-order valence-corrected chi connectivity index (χ1v) is 10.9. The molecule has 4 aromatic rings. The van der Waals surface area contributed by atoms with Crippen molar-refractivity contribution in [3.05, 3.63) is 81.1 Å². The minimum atomic E-state index is -4.50. The number of nitrogens with zero attached hydrogens (tertiary/aromatic N) is 3. The smallest absolute Gasteiger partial charge is 0.306 e. The van der Waals surface area contributed by atoms with Gasteiger partial charge in [-0.2, -0.15) is 23.0 Å². The summed E-state index contributed by atoms with van der Waals surface area (Å²) in [5.74, 6) is -0.300. The van der Waals surface area contributed by atoms with Crippen LogP contribution in [0.3, 0.4) is 0 Å².